The van der Waals surface area contributed by atoms with E-state index >= 15 is 0 Å². The Morgan fingerprint density at radius 3 is 2.00 bits per heavy atom. The first-order valence-electron chi connectivity index (χ1n) is 1.93. The Bertz CT molecular complexity index is 181. The van der Waals surface area contributed by atoms with Crippen molar-refractivity contribution in [1.82, 2.24) is 0 Å². The zero-order valence-electron chi connectivity index (χ0n) is 4.83. The topological polar surface area (TPSA) is 61.7 Å². The molecule has 0 aliphatic carbocycles. The van der Waals surface area contributed by atoms with Gasteiger partial charge in [-0.1, -0.05) is 6.07 Å². The van der Waals surface area contributed by atoms with E-state index in [9.17, 15) is 4.79 Å². The van der Waals surface area contributed by atoms with E-state index in [0.717, 1.165) is 0 Å². The minimum Gasteiger partial charge on any atom is -0.431 e. The van der Waals surface area contributed by atoms with Gasteiger partial charge in [0.15, 0.2) is 0 Å². The molecule has 60 valence electrons. The maximum Gasteiger partial charge on any atom is 0.335 e. The van der Waals surface area contributed by atoms with Crippen LogP contribution in [0.1, 0.15) is 0 Å². The van der Waals surface area contributed by atoms with Gasteiger partial charge in [-0.2, -0.15) is 0 Å². The molecule has 0 aliphatic rings. The maximum absolute atomic E-state index is 10.1. The smallest absolute Gasteiger partial charge is 0.335 e. The summed E-state index contributed by atoms with van der Waals surface area (Å²) in [7, 11) is 0. The van der Waals surface area contributed by atoms with Gasteiger partial charge < -0.3 is 9.89 Å². The summed E-state index contributed by atoms with van der Waals surface area (Å²) in [4.78, 5) is 10.1. The van der Waals surface area contributed by atoms with Crippen LogP contribution < -0.4 is 5.63 Å². The molecule has 0 saturated carbocycles. The van der Waals surface area contributed by atoms with Crippen molar-refractivity contribution in [2.24, 2.45) is 0 Å². The van der Waals surface area contributed by atoms with E-state index in [0.29, 0.717) is 0 Å². The summed E-state index contributed by atoms with van der Waals surface area (Å²) in [5.41, 5.74) is -0.303. The summed E-state index contributed by atoms with van der Waals surface area (Å²) in [5, 5.41) is 0. The van der Waals surface area contributed by atoms with Crippen LogP contribution in [0.5, 0.6) is 0 Å². The predicted octanol–water partition coefficient (Wildman–Crippen LogP) is -0.190. The van der Waals surface area contributed by atoms with E-state index in [-0.39, 0.29) is 45.2 Å². The van der Waals surface area contributed by atoms with Gasteiger partial charge in [0.2, 0.25) is 0 Å². The minimum atomic E-state index is -0.303. The third kappa shape index (κ3) is 6.07. The second kappa shape index (κ2) is 8.95. The van der Waals surface area contributed by atoms with E-state index in [4.69, 9.17) is 0 Å². The molecule has 0 spiro atoms. The standard InChI is InChI=1S/C5H4O2.2Fe.H2O/c6-5-3-1-2-4-7-5;;;/h1-4H;;;1H2. The fourth-order valence-corrected chi connectivity index (χ4v) is 0.325. The van der Waals surface area contributed by atoms with E-state index in [1.54, 1.807) is 12.1 Å². The molecule has 0 amide bonds. The Hall–Kier alpha value is -0.0510. The molecule has 1 aromatic rings. The molecule has 0 unspecified atom stereocenters. The predicted molar refractivity (Wildman–Crippen MR) is 28.6 cm³/mol. The van der Waals surface area contributed by atoms with Crippen molar-refractivity contribution in [3.05, 3.63) is 34.9 Å². The van der Waals surface area contributed by atoms with Crippen LogP contribution >= 0.6 is 0 Å². The Balaban J connectivity index is -0.000000163. The van der Waals surface area contributed by atoms with Crippen LogP contribution in [0.2, 0.25) is 0 Å². The second-order valence-corrected chi connectivity index (χ2v) is 1.12. The molecule has 5 heteroatoms. The first-order chi connectivity index (χ1) is 3.39. The van der Waals surface area contributed by atoms with Crippen LogP contribution in [0.3, 0.4) is 0 Å². The van der Waals surface area contributed by atoms with Crippen molar-refractivity contribution in [3.63, 3.8) is 0 Å². The molecule has 0 aromatic carbocycles. The molecule has 0 bridgehead atoms. The van der Waals surface area contributed by atoms with Crippen LogP contribution in [0.25, 0.3) is 0 Å². The molecule has 1 aromatic heterocycles. The van der Waals surface area contributed by atoms with Crippen LogP contribution in [-0.4, -0.2) is 5.48 Å². The van der Waals surface area contributed by atoms with Crippen molar-refractivity contribution in [1.29, 1.82) is 0 Å². The largest absolute Gasteiger partial charge is 0.431 e. The summed E-state index contributed by atoms with van der Waals surface area (Å²) >= 11 is 0. The Morgan fingerprint density at radius 1 is 1.20 bits per heavy atom. The van der Waals surface area contributed by atoms with E-state index < -0.39 is 0 Å². The molecule has 0 atom stereocenters. The summed E-state index contributed by atoms with van der Waals surface area (Å²) in [5.74, 6) is 0. The SMILES string of the molecule is O.O=c1cccco1.[Fe].[Fe]. The van der Waals surface area contributed by atoms with Gasteiger partial charge >= 0.3 is 5.63 Å². The monoisotopic (exact) mass is 226 g/mol. The van der Waals surface area contributed by atoms with Crippen molar-refractivity contribution in [3.8, 4) is 0 Å². The van der Waals surface area contributed by atoms with Crippen LogP contribution in [0, 0.1) is 0 Å². The minimum absolute atomic E-state index is 0. The maximum atomic E-state index is 10.1. The quantitative estimate of drug-likeness (QED) is 0.575. The van der Waals surface area contributed by atoms with Gasteiger partial charge in [-0.25, -0.2) is 4.79 Å². The average Bonchev–Trinajstić information content (AvgIpc) is 1.69. The molecular weight excluding hydrogens is 220 g/mol. The van der Waals surface area contributed by atoms with E-state index in [1.807, 2.05) is 0 Å². The Morgan fingerprint density at radius 2 is 1.80 bits per heavy atom. The zero-order chi connectivity index (χ0) is 5.11. The van der Waals surface area contributed by atoms with Crippen molar-refractivity contribution >= 4 is 0 Å². The number of hydrogen-bond acceptors (Lipinski definition) is 2. The van der Waals surface area contributed by atoms with Gasteiger partial charge in [-0.15, -0.1) is 0 Å². The average molecular weight is 226 g/mol. The van der Waals surface area contributed by atoms with Gasteiger partial charge in [0.25, 0.3) is 0 Å². The molecular formula is C5H6Fe2O3. The van der Waals surface area contributed by atoms with Crippen LogP contribution in [0.15, 0.2) is 33.7 Å². The summed E-state index contributed by atoms with van der Waals surface area (Å²) < 4.78 is 4.37. The zero-order valence-corrected chi connectivity index (χ0v) is 7.04. The molecule has 3 nitrogen and oxygen atoms in total. The molecule has 0 aliphatic heterocycles. The third-order valence-corrected chi connectivity index (χ3v) is 0.606. The summed E-state index contributed by atoms with van der Waals surface area (Å²) in [6, 6.07) is 4.65. The summed E-state index contributed by atoms with van der Waals surface area (Å²) in [6.07, 6.45) is 1.35. The van der Waals surface area contributed by atoms with Gasteiger partial charge in [0.05, 0.1) is 6.26 Å². The fraction of sp³-hybridized carbons (Fsp3) is 0. The first kappa shape index (κ1) is 16.5. The molecule has 10 heavy (non-hydrogen) atoms. The van der Waals surface area contributed by atoms with Gasteiger partial charge in [0, 0.05) is 40.2 Å². The van der Waals surface area contributed by atoms with Crippen molar-refractivity contribution in [2.75, 3.05) is 0 Å². The molecule has 1 heterocycles. The van der Waals surface area contributed by atoms with Crippen molar-refractivity contribution < 1.29 is 44.0 Å². The van der Waals surface area contributed by atoms with Crippen molar-refractivity contribution in [2.45, 2.75) is 0 Å². The van der Waals surface area contributed by atoms with E-state index in [2.05, 4.69) is 4.42 Å². The number of hydrogen-bond donors (Lipinski definition) is 0. The van der Waals surface area contributed by atoms with E-state index in [1.165, 1.54) is 12.3 Å². The molecule has 1 rings (SSSR count). The molecule has 0 radical (unpaired) electrons. The van der Waals surface area contributed by atoms with Gasteiger partial charge in [-0.05, 0) is 6.07 Å². The van der Waals surface area contributed by atoms with Gasteiger partial charge in [0.1, 0.15) is 0 Å². The molecule has 2 N–H and O–H groups in total. The van der Waals surface area contributed by atoms with Crippen LogP contribution in [0.4, 0.5) is 0 Å². The first-order valence-corrected chi connectivity index (χ1v) is 1.93. The third-order valence-electron chi connectivity index (χ3n) is 0.606. The Labute approximate surface area is 79.1 Å². The fourth-order valence-electron chi connectivity index (χ4n) is 0.325. The number of rotatable bonds is 0. The Kier molecular flexibility index (Phi) is 14.8. The second-order valence-electron chi connectivity index (χ2n) is 1.12. The molecule has 0 fully saturated rings. The summed E-state index contributed by atoms with van der Waals surface area (Å²) in [6.45, 7) is 0. The van der Waals surface area contributed by atoms with Crippen LogP contribution in [-0.2, 0) is 34.1 Å². The van der Waals surface area contributed by atoms with Gasteiger partial charge in [-0.3, -0.25) is 0 Å². The normalized spacial score (nSPS) is 6.00. The molecule has 0 saturated heterocycles.